The Hall–Kier alpha value is -2.16. The van der Waals surface area contributed by atoms with Crippen LogP contribution in [0.15, 0.2) is 36.4 Å². The Morgan fingerprint density at radius 3 is 2.19 bits per heavy atom. The molecular formula is C13H12O3. The molecule has 3 heteroatoms. The average Bonchev–Trinajstić information content (AvgIpc) is 2.22. The second kappa shape index (κ2) is 3.77. The van der Waals surface area contributed by atoms with Gasteiger partial charge in [-0.05, 0) is 36.2 Å². The van der Waals surface area contributed by atoms with E-state index in [1.165, 1.54) is 12.1 Å². The summed E-state index contributed by atoms with van der Waals surface area (Å²) in [7, 11) is 0. The third-order valence-electron chi connectivity index (χ3n) is 2.50. The predicted octanol–water partition coefficient (Wildman–Crippen LogP) is 2.78. The summed E-state index contributed by atoms with van der Waals surface area (Å²) in [5.41, 5.74) is 2.07. The molecule has 0 heterocycles. The van der Waals surface area contributed by atoms with E-state index in [4.69, 9.17) is 0 Å². The highest BCUT2D eigenvalue weighted by Gasteiger charge is 2.06. The third-order valence-corrected chi connectivity index (χ3v) is 2.50. The van der Waals surface area contributed by atoms with Gasteiger partial charge < -0.3 is 15.3 Å². The van der Waals surface area contributed by atoms with Gasteiger partial charge in [0.1, 0.15) is 17.2 Å². The van der Waals surface area contributed by atoms with Crippen LogP contribution in [-0.2, 0) is 0 Å². The smallest absolute Gasteiger partial charge is 0.127 e. The molecule has 2 aromatic rings. The van der Waals surface area contributed by atoms with E-state index in [1.807, 2.05) is 0 Å². The SMILES string of the molecule is Cc1ccc(-c2ccc(O)cc2O)cc1O. The topological polar surface area (TPSA) is 60.7 Å². The lowest BCUT2D eigenvalue weighted by Gasteiger charge is -2.07. The Bertz CT molecular complexity index is 533. The van der Waals surface area contributed by atoms with Crippen LogP contribution in [0, 0.1) is 6.92 Å². The summed E-state index contributed by atoms with van der Waals surface area (Å²) in [5, 5.41) is 28.4. The molecule has 82 valence electrons. The molecule has 0 aliphatic carbocycles. The van der Waals surface area contributed by atoms with E-state index < -0.39 is 0 Å². The molecule has 0 amide bonds. The van der Waals surface area contributed by atoms with Crippen molar-refractivity contribution in [2.75, 3.05) is 0 Å². The molecule has 0 spiro atoms. The maximum atomic E-state index is 9.66. The van der Waals surface area contributed by atoms with Crippen molar-refractivity contribution in [1.82, 2.24) is 0 Å². The Balaban J connectivity index is 2.54. The molecule has 0 unspecified atom stereocenters. The monoisotopic (exact) mass is 216 g/mol. The molecule has 0 radical (unpaired) electrons. The molecule has 0 saturated carbocycles. The van der Waals surface area contributed by atoms with E-state index in [-0.39, 0.29) is 17.2 Å². The molecular weight excluding hydrogens is 204 g/mol. The summed E-state index contributed by atoms with van der Waals surface area (Å²) in [6.45, 7) is 1.80. The zero-order chi connectivity index (χ0) is 11.7. The van der Waals surface area contributed by atoms with Gasteiger partial charge in [0.2, 0.25) is 0 Å². The lowest BCUT2D eigenvalue weighted by atomic mass is 10.0. The van der Waals surface area contributed by atoms with Gasteiger partial charge in [0.25, 0.3) is 0 Å². The van der Waals surface area contributed by atoms with Crippen LogP contribution >= 0.6 is 0 Å². The first kappa shape index (κ1) is 10.4. The number of aryl methyl sites for hydroxylation is 1. The average molecular weight is 216 g/mol. The van der Waals surface area contributed by atoms with Crippen LogP contribution in [0.3, 0.4) is 0 Å². The summed E-state index contributed by atoms with van der Waals surface area (Å²) < 4.78 is 0. The lowest BCUT2D eigenvalue weighted by molar-refractivity contribution is 0.452. The molecule has 3 nitrogen and oxygen atoms in total. The fourth-order valence-electron chi connectivity index (χ4n) is 1.54. The quantitative estimate of drug-likeness (QED) is 0.686. The highest BCUT2D eigenvalue weighted by Crippen LogP contribution is 2.34. The van der Waals surface area contributed by atoms with Crippen LogP contribution in [0.1, 0.15) is 5.56 Å². The van der Waals surface area contributed by atoms with Crippen LogP contribution in [0.25, 0.3) is 11.1 Å². The van der Waals surface area contributed by atoms with Gasteiger partial charge in [0, 0.05) is 11.6 Å². The van der Waals surface area contributed by atoms with Crippen LogP contribution in [0.2, 0.25) is 0 Å². The third kappa shape index (κ3) is 1.80. The number of rotatable bonds is 1. The van der Waals surface area contributed by atoms with E-state index in [1.54, 1.807) is 31.2 Å². The number of hydrogen-bond acceptors (Lipinski definition) is 3. The predicted molar refractivity (Wildman–Crippen MR) is 61.6 cm³/mol. The Morgan fingerprint density at radius 2 is 1.56 bits per heavy atom. The minimum atomic E-state index is -0.0109. The van der Waals surface area contributed by atoms with Crippen molar-refractivity contribution in [3.8, 4) is 28.4 Å². The summed E-state index contributed by atoms with van der Waals surface area (Å²) in [4.78, 5) is 0. The number of benzene rings is 2. The van der Waals surface area contributed by atoms with Gasteiger partial charge >= 0.3 is 0 Å². The van der Waals surface area contributed by atoms with Crippen molar-refractivity contribution in [2.45, 2.75) is 6.92 Å². The first-order chi connectivity index (χ1) is 7.58. The first-order valence-corrected chi connectivity index (χ1v) is 4.90. The van der Waals surface area contributed by atoms with Crippen molar-refractivity contribution >= 4 is 0 Å². The van der Waals surface area contributed by atoms with Crippen molar-refractivity contribution in [1.29, 1.82) is 0 Å². The largest absolute Gasteiger partial charge is 0.508 e. The van der Waals surface area contributed by atoms with Crippen molar-refractivity contribution < 1.29 is 15.3 Å². The molecule has 0 atom stereocenters. The van der Waals surface area contributed by atoms with Crippen LogP contribution in [-0.4, -0.2) is 15.3 Å². The van der Waals surface area contributed by atoms with Gasteiger partial charge in [0.15, 0.2) is 0 Å². The lowest BCUT2D eigenvalue weighted by Crippen LogP contribution is -1.81. The summed E-state index contributed by atoms with van der Waals surface area (Å²) in [6, 6.07) is 9.53. The minimum Gasteiger partial charge on any atom is -0.508 e. The molecule has 16 heavy (non-hydrogen) atoms. The number of phenolic OH excluding ortho intramolecular Hbond substituents is 3. The fraction of sp³-hybridized carbons (Fsp3) is 0.0769. The van der Waals surface area contributed by atoms with Gasteiger partial charge in [-0.15, -0.1) is 0 Å². The van der Waals surface area contributed by atoms with Crippen molar-refractivity contribution in [3.05, 3.63) is 42.0 Å². The Labute approximate surface area is 93.2 Å². The van der Waals surface area contributed by atoms with Gasteiger partial charge in [0.05, 0.1) is 0 Å². The van der Waals surface area contributed by atoms with Crippen molar-refractivity contribution in [2.24, 2.45) is 0 Å². The molecule has 2 rings (SSSR count). The zero-order valence-electron chi connectivity index (χ0n) is 8.81. The molecule has 0 aliphatic heterocycles. The van der Waals surface area contributed by atoms with Gasteiger partial charge in [-0.3, -0.25) is 0 Å². The molecule has 3 N–H and O–H groups in total. The highest BCUT2D eigenvalue weighted by molar-refractivity contribution is 5.72. The second-order valence-electron chi connectivity index (χ2n) is 3.70. The molecule has 2 aromatic carbocycles. The molecule has 0 fully saturated rings. The van der Waals surface area contributed by atoms with Gasteiger partial charge in [-0.1, -0.05) is 12.1 Å². The Morgan fingerprint density at radius 1 is 0.812 bits per heavy atom. The molecule has 0 aliphatic rings. The summed E-state index contributed by atoms with van der Waals surface area (Å²) in [5.74, 6) is 0.186. The normalized spacial score (nSPS) is 10.3. The van der Waals surface area contributed by atoms with E-state index >= 15 is 0 Å². The molecule has 0 bridgehead atoms. The van der Waals surface area contributed by atoms with E-state index in [9.17, 15) is 15.3 Å². The number of hydrogen-bond donors (Lipinski definition) is 3. The van der Waals surface area contributed by atoms with Crippen LogP contribution in [0.4, 0.5) is 0 Å². The van der Waals surface area contributed by atoms with Crippen molar-refractivity contribution in [3.63, 3.8) is 0 Å². The number of aromatic hydroxyl groups is 3. The maximum absolute atomic E-state index is 9.66. The van der Waals surface area contributed by atoms with Gasteiger partial charge in [-0.25, -0.2) is 0 Å². The van der Waals surface area contributed by atoms with E-state index in [0.717, 1.165) is 5.56 Å². The van der Waals surface area contributed by atoms with Crippen LogP contribution < -0.4 is 0 Å². The standard InChI is InChI=1S/C13H12O3/c1-8-2-3-9(6-12(8)15)11-5-4-10(14)7-13(11)16/h2-7,14-16H,1H3. The van der Waals surface area contributed by atoms with E-state index in [2.05, 4.69) is 0 Å². The minimum absolute atomic E-state index is 0.0109. The van der Waals surface area contributed by atoms with E-state index in [0.29, 0.717) is 11.1 Å². The van der Waals surface area contributed by atoms with Gasteiger partial charge in [-0.2, -0.15) is 0 Å². The Kier molecular flexibility index (Phi) is 2.44. The summed E-state index contributed by atoms with van der Waals surface area (Å²) in [6.07, 6.45) is 0. The highest BCUT2D eigenvalue weighted by atomic mass is 16.3. The van der Waals surface area contributed by atoms with Crippen LogP contribution in [0.5, 0.6) is 17.2 Å². The molecule has 0 aromatic heterocycles. The second-order valence-corrected chi connectivity index (χ2v) is 3.70. The summed E-state index contributed by atoms with van der Waals surface area (Å²) >= 11 is 0. The fourth-order valence-corrected chi connectivity index (χ4v) is 1.54. The molecule has 0 saturated heterocycles. The maximum Gasteiger partial charge on any atom is 0.127 e. The zero-order valence-corrected chi connectivity index (χ0v) is 8.81. The number of phenols is 3. The first-order valence-electron chi connectivity index (χ1n) is 4.90.